The zero-order valence-corrected chi connectivity index (χ0v) is 7.94. The maximum atomic E-state index is 8.99. The van der Waals surface area contributed by atoms with Gasteiger partial charge in [0.05, 0.1) is 12.7 Å². The number of benzene rings is 1. The smallest absolute Gasteiger partial charge is 0.119 e. The van der Waals surface area contributed by atoms with Gasteiger partial charge in [0.2, 0.25) is 0 Å². The maximum Gasteiger partial charge on any atom is 0.119 e. The highest BCUT2D eigenvalue weighted by atomic mass is 16.5. The van der Waals surface area contributed by atoms with Crippen LogP contribution in [0.4, 0.5) is 0 Å². The highest BCUT2D eigenvalue weighted by Crippen LogP contribution is 2.09. The molecule has 2 nitrogen and oxygen atoms in total. The third kappa shape index (κ3) is 4.53. The number of aliphatic hydroxyl groups is 1. The summed E-state index contributed by atoms with van der Waals surface area (Å²) in [7, 11) is 0. The third-order valence-corrected chi connectivity index (χ3v) is 1.78. The van der Waals surface area contributed by atoms with Gasteiger partial charge in [-0.1, -0.05) is 18.2 Å². The molecule has 1 unspecified atom stereocenters. The van der Waals surface area contributed by atoms with Crippen LogP contribution in [0.3, 0.4) is 0 Å². The Bertz CT molecular complexity index is 219. The van der Waals surface area contributed by atoms with E-state index in [1.54, 1.807) is 6.92 Å². The second-order valence-electron chi connectivity index (χ2n) is 3.15. The van der Waals surface area contributed by atoms with E-state index in [1.807, 2.05) is 30.3 Å². The van der Waals surface area contributed by atoms with Gasteiger partial charge in [0, 0.05) is 0 Å². The molecule has 0 radical (unpaired) electrons. The van der Waals surface area contributed by atoms with E-state index in [9.17, 15) is 0 Å². The minimum absolute atomic E-state index is 0.223. The van der Waals surface area contributed by atoms with Crippen molar-refractivity contribution in [1.29, 1.82) is 0 Å². The van der Waals surface area contributed by atoms with Crippen molar-refractivity contribution in [3.05, 3.63) is 30.3 Å². The Hall–Kier alpha value is -1.02. The molecule has 0 aliphatic rings. The van der Waals surface area contributed by atoms with Gasteiger partial charge < -0.3 is 9.84 Å². The molecule has 1 aromatic carbocycles. The molecule has 1 atom stereocenters. The van der Waals surface area contributed by atoms with Gasteiger partial charge in [-0.3, -0.25) is 0 Å². The van der Waals surface area contributed by atoms with E-state index in [0.29, 0.717) is 6.61 Å². The quantitative estimate of drug-likeness (QED) is 0.704. The molecule has 0 amide bonds. The fraction of sp³-hybridized carbons (Fsp3) is 0.455. The molecule has 0 saturated carbocycles. The van der Waals surface area contributed by atoms with Crippen LogP contribution in [0.15, 0.2) is 30.3 Å². The Morgan fingerprint density at radius 3 is 2.62 bits per heavy atom. The Morgan fingerprint density at radius 2 is 2.00 bits per heavy atom. The second-order valence-corrected chi connectivity index (χ2v) is 3.15. The summed E-state index contributed by atoms with van der Waals surface area (Å²) < 4.78 is 5.45. The van der Waals surface area contributed by atoms with Crippen LogP contribution in [-0.2, 0) is 0 Å². The first kappa shape index (κ1) is 10.1. The van der Waals surface area contributed by atoms with Crippen molar-refractivity contribution in [3.8, 4) is 5.75 Å². The molecule has 0 saturated heterocycles. The van der Waals surface area contributed by atoms with Crippen LogP contribution in [0, 0.1) is 0 Å². The fourth-order valence-electron chi connectivity index (χ4n) is 1.09. The molecule has 0 heterocycles. The number of hydrogen-bond acceptors (Lipinski definition) is 2. The highest BCUT2D eigenvalue weighted by molar-refractivity contribution is 5.20. The molecule has 0 aromatic heterocycles. The Morgan fingerprint density at radius 1 is 1.31 bits per heavy atom. The van der Waals surface area contributed by atoms with E-state index in [4.69, 9.17) is 9.84 Å². The normalized spacial score (nSPS) is 12.5. The van der Waals surface area contributed by atoms with Crippen molar-refractivity contribution in [1.82, 2.24) is 0 Å². The van der Waals surface area contributed by atoms with Crippen molar-refractivity contribution in [3.63, 3.8) is 0 Å². The first-order chi connectivity index (χ1) is 6.29. The molecule has 0 fully saturated rings. The van der Waals surface area contributed by atoms with Crippen LogP contribution in [0.1, 0.15) is 19.8 Å². The summed E-state index contributed by atoms with van der Waals surface area (Å²) >= 11 is 0. The highest BCUT2D eigenvalue weighted by Gasteiger charge is 1.95. The van der Waals surface area contributed by atoms with Crippen LogP contribution >= 0.6 is 0 Å². The molecule has 2 heteroatoms. The van der Waals surface area contributed by atoms with Gasteiger partial charge in [-0.25, -0.2) is 0 Å². The average Bonchev–Trinajstić information content (AvgIpc) is 2.14. The maximum absolute atomic E-state index is 8.99. The van der Waals surface area contributed by atoms with Crippen molar-refractivity contribution < 1.29 is 9.84 Å². The summed E-state index contributed by atoms with van der Waals surface area (Å²) in [6, 6.07) is 9.72. The van der Waals surface area contributed by atoms with Gasteiger partial charge in [0.1, 0.15) is 5.75 Å². The lowest BCUT2D eigenvalue weighted by molar-refractivity contribution is 0.170. The minimum atomic E-state index is -0.223. The topological polar surface area (TPSA) is 29.5 Å². The van der Waals surface area contributed by atoms with E-state index in [1.165, 1.54) is 0 Å². The number of aliphatic hydroxyl groups excluding tert-OH is 1. The van der Waals surface area contributed by atoms with E-state index in [-0.39, 0.29) is 6.10 Å². The molecule has 1 rings (SSSR count). The zero-order valence-electron chi connectivity index (χ0n) is 7.94. The Kier molecular flexibility index (Phi) is 4.33. The van der Waals surface area contributed by atoms with Gasteiger partial charge in [-0.05, 0) is 31.9 Å². The molecule has 0 aliphatic carbocycles. The van der Waals surface area contributed by atoms with Crippen molar-refractivity contribution in [2.24, 2.45) is 0 Å². The summed E-state index contributed by atoms with van der Waals surface area (Å²) in [5.74, 6) is 0.896. The van der Waals surface area contributed by atoms with Crippen LogP contribution < -0.4 is 4.74 Å². The molecule has 0 spiro atoms. The largest absolute Gasteiger partial charge is 0.494 e. The molecule has 0 aliphatic heterocycles. The van der Waals surface area contributed by atoms with Gasteiger partial charge in [0.15, 0.2) is 0 Å². The number of ether oxygens (including phenoxy) is 1. The fourth-order valence-corrected chi connectivity index (χ4v) is 1.09. The standard InChI is InChI=1S/C11H16O2/c1-10(12)6-5-9-13-11-7-3-2-4-8-11/h2-4,7-8,10,12H,5-6,9H2,1H3. The second kappa shape index (κ2) is 5.60. The lowest BCUT2D eigenvalue weighted by Crippen LogP contribution is -2.04. The molecular formula is C11H16O2. The van der Waals surface area contributed by atoms with Gasteiger partial charge >= 0.3 is 0 Å². The van der Waals surface area contributed by atoms with E-state index in [2.05, 4.69) is 0 Å². The predicted molar refractivity (Wildman–Crippen MR) is 52.9 cm³/mol. The summed E-state index contributed by atoms with van der Waals surface area (Å²) in [6.07, 6.45) is 1.47. The number of para-hydroxylation sites is 1. The van der Waals surface area contributed by atoms with E-state index < -0.39 is 0 Å². The summed E-state index contributed by atoms with van der Waals surface area (Å²) in [6.45, 7) is 2.47. The molecule has 72 valence electrons. The molecule has 1 aromatic rings. The predicted octanol–water partition coefficient (Wildman–Crippen LogP) is 2.23. The number of rotatable bonds is 5. The lowest BCUT2D eigenvalue weighted by Gasteiger charge is -2.06. The van der Waals surface area contributed by atoms with Crippen molar-refractivity contribution in [2.45, 2.75) is 25.9 Å². The molecule has 13 heavy (non-hydrogen) atoms. The van der Waals surface area contributed by atoms with Crippen molar-refractivity contribution >= 4 is 0 Å². The van der Waals surface area contributed by atoms with E-state index >= 15 is 0 Å². The monoisotopic (exact) mass is 180 g/mol. The first-order valence-electron chi connectivity index (χ1n) is 4.65. The SMILES string of the molecule is CC(O)CCCOc1ccccc1. The summed E-state index contributed by atoms with van der Waals surface area (Å²) in [5.41, 5.74) is 0. The summed E-state index contributed by atoms with van der Waals surface area (Å²) in [5, 5.41) is 8.99. The van der Waals surface area contributed by atoms with Crippen LogP contribution in [0.5, 0.6) is 5.75 Å². The van der Waals surface area contributed by atoms with Crippen LogP contribution in [-0.4, -0.2) is 17.8 Å². The van der Waals surface area contributed by atoms with Crippen LogP contribution in [0.25, 0.3) is 0 Å². The molecule has 0 bridgehead atoms. The zero-order chi connectivity index (χ0) is 9.52. The number of hydrogen-bond donors (Lipinski definition) is 1. The lowest BCUT2D eigenvalue weighted by atomic mass is 10.2. The summed E-state index contributed by atoms with van der Waals surface area (Å²) in [4.78, 5) is 0. The van der Waals surface area contributed by atoms with Gasteiger partial charge in [0.25, 0.3) is 0 Å². The minimum Gasteiger partial charge on any atom is -0.494 e. The molecular weight excluding hydrogens is 164 g/mol. The Balaban J connectivity index is 2.13. The first-order valence-corrected chi connectivity index (χ1v) is 4.65. The van der Waals surface area contributed by atoms with Gasteiger partial charge in [-0.15, -0.1) is 0 Å². The van der Waals surface area contributed by atoms with Gasteiger partial charge in [-0.2, -0.15) is 0 Å². The average molecular weight is 180 g/mol. The van der Waals surface area contributed by atoms with Crippen molar-refractivity contribution in [2.75, 3.05) is 6.61 Å². The van der Waals surface area contributed by atoms with E-state index in [0.717, 1.165) is 18.6 Å². The Labute approximate surface area is 79.2 Å². The molecule has 1 N–H and O–H groups in total. The van der Waals surface area contributed by atoms with Crippen LogP contribution in [0.2, 0.25) is 0 Å². The third-order valence-electron chi connectivity index (χ3n) is 1.78.